The minimum atomic E-state index is -1.63. The van der Waals surface area contributed by atoms with Crippen LogP contribution in [0, 0.1) is 5.92 Å². The second-order valence-corrected chi connectivity index (χ2v) is 9.40. The van der Waals surface area contributed by atoms with Crippen molar-refractivity contribution in [3.05, 3.63) is 65.7 Å². The number of hydrogen-bond donors (Lipinski definition) is 3. The Hall–Kier alpha value is -3.04. The number of amides is 2. The van der Waals surface area contributed by atoms with Crippen LogP contribution in [-0.2, 0) is 32.1 Å². The fourth-order valence-corrected chi connectivity index (χ4v) is 3.85. The molecule has 3 N–H and O–H groups in total. The summed E-state index contributed by atoms with van der Waals surface area (Å²) in [5.41, 5.74) is 1.62. The number of methoxy groups -OCH3 is 1. The molecule has 2 rings (SSSR count). The first-order chi connectivity index (χ1) is 16.7. The van der Waals surface area contributed by atoms with Crippen molar-refractivity contribution in [1.29, 1.82) is 0 Å². The first kappa shape index (κ1) is 28.2. The summed E-state index contributed by atoms with van der Waals surface area (Å²) in [6, 6.07) is 14.9. The molecule has 9 heteroatoms. The number of ether oxygens (including phenoxy) is 2. The van der Waals surface area contributed by atoms with Crippen LogP contribution in [0.25, 0.3) is 0 Å². The van der Waals surface area contributed by atoms with Crippen molar-refractivity contribution in [2.45, 2.75) is 56.4 Å². The highest BCUT2D eigenvalue weighted by atomic mass is 32.2. The smallest absolute Gasteiger partial charge is 0.407 e. The molecule has 8 nitrogen and oxygen atoms in total. The number of alkyl carbamates (subject to hydrolysis) is 1. The first-order valence-corrected chi connectivity index (χ1v) is 12.6. The van der Waals surface area contributed by atoms with Crippen LogP contribution in [0.15, 0.2) is 59.5 Å². The summed E-state index contributed by atoms with van der Waals surface area (Å²) in [6.07, 6.45) is 0.0947. The van der Waals surface area contributed by atoms with Crippen molar-refractivity contribution in [2.24, 2.45) is 5.92 Å². The minimum Gasteiger partial charge on any atom is -0.467 e. The number of hydrogen-bond acceptors (Lipinski definition) is 7. The molecule has 2 amide bonds. The summed E-state index contributed by atoms with van der Waals surface area (Å²) in [5, 5.41) is 16.0. The molecular weight excluding hydrogens is 468 g/mol. The monoisotopic (exact) mass is 502 g/mol. The summed E-state index contributed by atoms with van der Waals surface area (Å²) in [6.45, 7) is 3.86. The van der Waals surface area contributed by atoms with E-state index in [0.29, 0.717) is 6.42 Å². The Balaban J connectivity index is 2.14. The molecule has 2 aromatic carbocycles. The predicted molar refractivity (Wildman–Crippen MR) is 135 cm³/mol. The molecule has 0 spiro atoms. The third-order valence-electron chi connectivity index (χ3n) is 5.29. The first-order valence-electron chi connectivity index (χ1n) is 11.4. The molecule has 0 radical (unpaired) electrons. The van der Waals surface area contributed by atoms with E-state index >= 15 is 0 Å². The average molecular weight is 503 g/mol. The Morgan fingerprint density at radius 2 is 1.63 bits per heavy atom. The molecule has 0 saturated heterocycles. The molecule has 0 fully saturated rings. The van der Waals surface area contributed by atoms with Gasteiger partial charge in [-0.2, -0.15) is 0 Å². The van der Waals surface area contributed by atoms with Crippen molar-refractivity contribution in [2.75, 3.05) is 13.4 Å². The van der Waals surface area contributed by atoms with Gasteiger partial charge in [-0.3, -0.25) is 4.79 Å². The largest absolute Gasteiger partial charge is 0.467 e. The lowest BCUT2D eigenvalue weighted by Crippen LogP contribution is -2.55. The van der Waals surface area contributed by atoms with Crippen LogP contribution in [0.5, 0.6) is 0 Å². The van der Waals surface area contributed by atoms with E-state index in [-0.39, 0.29) is 18.9 Å². The third-order valence-corrected chi connectivity index (χ3v) is 6.03. The number of rotatable bonds is 12. The number of thioether (sulfide) groups is 1. The van der Waals surface area contributed by atoms with E-state index in [0.717, 1.165) is 16.0 Å². The van der Waals surface area contributed by atoms with Gasteiger partial charge in [0.1, 0.15) is 12.6 Å². The Kier molecular flexibility index (Phi) is 11.6. The predicted octanol–water partition coefficient (Wildman–Crippen LogP) is 3.31. The average Bonchev–Trinajstić information content (AvgIpc) is 2.86. The van der Waals surface area contributed by atoms with Gasteiger partial charge in [0, 0.05) is 4.90 Å². The summed E-state index contributed by atoms with van der Waals surface area (Å²) in [7, 11) is 1.24. The van der Waals surface area contributed by atoms with Crippen LogP contribution < -0.4 is 10.6 Å². The highest BCUT2D eigenvalue weighted by molar-refractivity contribution is 7.98. The number of aliphatic hydroxyl groups excluding tert-OH is 1. The number of benzene rings is 2. The minimum absolute atomic E-state index is 0.0446. The van der Waals surface area contributed by atoms with Crippen LogP contribution in [0.2, 0.25) is 0 Å². The van der Waals surface area contributed by atoms with Gasteiger partial charge in [0.25, 0.3) is 5.91 Å². The molecule has 0 bridgehead atoms. The van der Waals surface area contributed by atoms with Gasteiger partial charge in [0.15, 0.2) is 6.10 Å². The zero-order valence-electron chi connectivity index (χ0n) is 20.5. The van der Waals surface area contributed by atoms with Crippen LogP contribution in [0.4, 0.5) is 4.79 Å². The second-order valence-electron chi connectivity index (χ2n) is 8.52. The Bertz CT molecular complexity index is 952. The zero-order valence-corrected chi connectivity index (χ0v) is 21.3. The van der Waals surface area contributed by atoms with E-state index in [9.17, 15) is 19.5 Å². The van der Waals surface area contributed by atoms with Crippen molar-refractivity contribution in [3.63, 3.8) is 0 Å². The van der Waals surface area contributed by atoms with Gasteiger partial charge in [-0.25, -0.2) is 9.59 Å². The van der Waals surface area contributed by atoms with Gasteiger partial charge < -0.3 is 25.2 Å². The summed E-state index contributed by atoms with van der Waals surface area (Å²) >= 11 is 1.59. The standard InChI is InChI=1S/C26H34N2O6S/c1-17(2)14-22(25(31)33-3)27-24(30)23(29)21(15-18-10-12-20(35-4)13-11-18)28-26(32)34-16-19-8-6-5-7-9-19/h5-13,17,21-23,29H,14-16H2,1-4H3,(H,27,30)(H,28,32)/t21-,22-,23+/m0/s1. The van der Waals surface area contributed by atoms with E-state index in [2.05, 4.69) is 10.6 Å². The lowest BCUT2D eigenvalue weighted by atomic mass is 9.99. The summed E-state index contributed by atoms with van der Waals surface area (Å²) in [4.78, 5) is 38.6. The molecule has 3 atom stereocenters. The second kappa shape index (κ2) is 14.4. The van der Waals surface area contributed by atoms with Crippen LogP contribution in [0.1, 0.15) is 31.4 Å². The number of carbonyl (C=O) groups is 3. The van der Waals surface area contributed by atoms with E-state index in [1.54, 1.807) is 11.8 Å². The topological polar surface area (TPSA) is 114 Å². The van der Waals surface area contributed by atoms with E-state index in [4.69, 9.17) is 9.47 Å². The fraction of sp³-hybridized carbons (Fsp3) is 0.423. The maximum atomic E-state index is 12.9. The van der Waals surface area contributed by atoms with Gasteiger partial charge in [0.05, 0.1) is 13.2 Å². The maximum Gasteiger partial charge on any atom is 0.407 e. The van der Waals surface area contributed by atoms with Gasteiger partial charge in [-0.15, -0.1) is 11.8 Å². The molecular formula is C26H34N2O6S. The zero-order chi connectivity index (χ0) is 25.8. The van der Waals surface area contributed by atoms with Crippen molar-refractivity contribution in [1.82, 2.24) is 10.6 Å². The molecule has 0 aliphatic heterocycles. The van der Waals surface area contributed by atoms with Crippen molar-refractivity contribution in [3.8, 4) is 0 Å². The van der Waals surface area contributed by atoms with E-state index in [1.807, 2.05) is 74.7 Å². The SMILES string of the molecule is COC(=O)[C@H](CC(C)C)NC(=O)[C@H](O)[C@H](Cc1ccc(SC)cc1)NC(=O)OCc1ccccc1. The van der Waals surface area contributed by atoms with Gasteiger partial charge in [-0.1, -0.05) is 56.3 Å². The van der Waals surface area contributed by atoms with Crippen molar-refractivity contribution < 1.29 is 29.0 Å². The van der Waals surface area contributed by atoms with Gasteiger partial charge in [0.2, 0.25) is 0 Å². The molecule has 0 saturated carbocycles. The lowest BCUT2D eigenvalue weighted by Gasteiger charge is -2.26. The van der Waals surface area contributed by atoms with Gasteiger partial charge >= 0.3 is 12.1 Å². The molecule has 0 aliphatic carbocycles. The molecule has 0 heterocycles. The molecule has 190 valence electrons. The van der Waals surface area contributed by atoms with E-state index < -0.39 is 36.2 Å². The summed E-state index contributed by atoms with van der Waals surface area (Å²) < 4.78 is 10.1. The van der Waals surface area contributed by atoms with Crippen molar-refractivity contribution >= 4 is 29.7 Å². The molecule has 0 aliphatic rings. The highest BCUT2D eigenvalue weighted by Crippen LogP contribution is 2.17. The number of nitrogens with one attached hydrogen (secondary N) is 2. The van der Waals surface area contributed by atoms with Crippen LogP contribution >= 0.6 is 11.8 Å². The number of carbonyl (C=O) groups excluding carboxylic acids is 3. The normalized spacial score (nSPS) is 13.4. The highest BCUT2D eigenvalue weighted by Gasteiger charge is 2.32. The van der Waals surface area contributed by atoms with E-state index in [1.165, 1.54) is 7.11 Å². The summed E-state index contributed by atoms with van der Waals surface area (Å²) in [5.74, 6) is -1.28. The molecule has 0 aromatic heterocycles. The number of esters is 1. The maximum absolute atomic E-state index is 12.9. The quantitative estimate of drug-likeness (QED) is 0.301. The van der Waals surface area contributed by atoms with Crippen LogP contribution in [-0.4, -0.2) is 54.6 Å². The fourth-order valence-electron chi connectivity index (χ4n) is 3.44. The third kappa shape index (κ3) is 9.62. The van der Waals surface area contributed by atoms with Crippen LogP contribution in [0.3, 0.4) is 0 Å². The Morgan fingerprint density at radius 1 is 0.971 bits per heavy atom. The molecule has 0 unspecified atom stereocenters. The van der Waals surface area contributed by atoms with Gasteiger partial charge in [-0.05, 0) is 48.3 Å². The molecule has 2 aromatic rings. The number of aliphatic hydroxyl groups is 1. The Morgan fingerprint density at radius 3 is 2.20 bits per heavy atom. The lowest BCUT2D eigenvalue weighted by molar-refractivity contribution is -0.147. The Labute approximate surface area is 210 Å². The molecule has 35 heavy (non-hydrogen) atoms.